The molecule has 0 amide bonds. The Balaban J connectivity index is 1.61. The van der Waals surface area contributed by atoms with Gasteiger partial charge in [-0.1, -0.05) is 31.2 Å². The maximum Gasteiger partial charge on any atom is 0.436 e. The number of hydrogen-bond acceptors (Lipinski definition) is 5. The number of aryl methyl sites for hydroxylation is 1. The molecule has 0 aliphatic heterocycles. The van der Waals surface area contributed by atoms with Crippen molar-refractivity contribution in [2.75, 3.05) is 7.11 Å². The summed E-state index contributed by atoms with van der Waals surface area (Å²) in [6, 6.07) is 18.3. The molecule has 4 rings (SSSR count). The first kappa shape index (κ1) is 24.0. The van der Waals surface area contributed by atoms with Gasteiger partial charge < -0.3 is 19.3 Å². The number of hydrogen-bond donors (Lipinski definition) is 2. The maximum absolute atomic E-state index is 13.6. The smallest absolute Gasteiger partial charge is 0.436 e. The van der Waals surface area contributed by atoms with Gasteiger partial charge in [0, 0.05) is 11.6 Å². The van der Waals surface area contributed by atoms with Crippen LogP contribution >= 0.6 is 0 Å². The van der Waals surface area contributed by atoms with Crippen molar-refractivity contribution in [3.8, 4) is 40.0 Å². The van der Waals surface area contributed by atoms with Gasteiger partial charge in [0.1, 0.15) is 35.3 Å². The minimum absolute atomic E-state index is 0.0608. The summed E-state index contributed by atoms with van der Waals surface area (Å²) in [5.41, 5.74) is 0.604. The number of aromatic amines is 1. The Kier molecular flexibility index (Phi) is 6.86. The van der Waals surface area contributed by atoms with E-state index in [2.05, 4.69) is 5.10 Å². The maximum atomic E-state index is 13.6. The van der Waals surface area contributed by atoms with E-state index < -0.39 is 17.6 Å². The van der Waals surface area contributed by atoms with Crippen LogP contribution in [0.15, 0.2) is 66.7 Å². The molecule has 1 aromatic heterocycles. The fourth-order valence-electron chi connectivity index (χ4n) is 3.45. The molecular weight excluding hydrogens is 461 g/mol. The number of methoxy groups -OCH3 is 1. The number of phenolic OH excluding ortho intramolecular Hbond substituents is 1. The molecule has 9 heteroatoms. The first-order valence-corrected chi connectivity index (χ1v) is 10.8. The number of halogens is 3. The number of aromatic nitrogens is 2. The number of alkyl halides is 3. The first-order valence-electron chi connectivity index (χ1n) is 10.8. The fourth-order valence-corrected chi connectivity index (χ4v) is 3.45. The monoisotopic (exact) mass is 484 g/mol. The first-order chi connectivity index (χ1) is 16.8. The van der Waals surface area contributed by atoms with Crippen LogP contribution in [0.5, 0.6) is 28.7 Å². The van der Waals surface area contributed by atoms with Gasteiger partial charge in [0.15, 0.2) is 11.4 Å². The lowest BCUT2D eigenvalue weighted by Crippen LogP contribution is -2.07. The lowest BCUT2D eigenvalue weighted by atomic mass is 10.1. The largest absolute Gasteiger partial charge is 0.507 e. The van der Waals surface area contributed by atoms with Crippen LogP contribution in [-0.4, -0.2) is 22.4 Å². The highest BCUT2D eigenvalue weighted by Crippen LogP contribution is 2.45. The van der Waals surface area contributed by atoms with E-state index in [0.717, 1.165) is 17.5 Å². The van der Waals surface area contributed by atoms with Crippen molar-refractivity contribution in [3.05, 3.63) is 83.6 Å². The van der Waals surface area contributed by atoms with Crippen molar-refractivity contribution >= 4 is 0 Å². The van der Waals surface area contributed by atoms with Crippen LogP contribution in [0.2, 0.25) is 0 Å². The van der Waals surface area contributed by atoms with Crippen molar-refractivity contribution in [1.29, 1.82) is 0 Å². The van der Waals surface area contributed by atoms with Crippen LogP contribution in [0.1, 0.15) is 23.7 Å². The Bertz CT molecular complexity index is 1300. The molecule has 4 aromatic rings. The van der Waals surface area contributed by atoms with Crippen LogP contribution in [-0.2, 0) is 19.2 Å². The van der Waals surface area contributed by atoms with Crippen LogP contribution in [0, 0.1) is 0 Å². The van der Waals surface area contributed by atoms with Gasteiger partial charge in [0.05, 0.1) is 7.11 Å². The predicted molar refractivity (Wildman–Crippen MR) is 124 cm³/mol. The minimum atomic E-state index is -4.74. The molecule has 0 radical (unpaired) electrons. The zero-order valence-corrected chi connectivity index (χ0v) is 19.0. The summed E-state index contributed by atoms with van der Waals surface area (Å²) >= 11 is 0. The summed E-state index contributed by atoms with van der Waals surface area (Å²) in [7, 11) is 1.56. The molecule has 3 aromatic carbocycles. The average Bonchev–Trinajstić information content (AvgIpc) is 3.27. The Morgan fingerprint density at radius 3 is 2.31 bits per heavy atom. The molecule has 0 spiro atoms. The molecule has 0 saturated heterocycles. The summed E-state index contributed by atoms with van der Waals surface area (Å²) < 4.78 is 57.4. The zero-order chi connectivity index (χ0) is 25.0. The molecular formula is C26H23F3N2O4. The van der Waals surface area contributed by atoms with E-state index in [1.54, 1.807) is 37.4 Å². The highest BCUT2D eigenvalue weighted by Gasteiger charge is 2.39. The number of nitrogens with one attached hydrogen (secondary N) is 1. The second-order valence-electron chi connectivity index (χ2n) is 7.69. The summed E-state index contributed by atoms with van der Waals surface area (Å²) in [6.07, 6.45) is -3.95. The molecule has 0 atom stereocenters. The Hall–Kier alpha value is -4.14. The predicted octanol–water partition coefficient (Wildman–Crippen LogP) is 6.74. The zero-order valence-electron chi connectivity index (χ0n) is 19.0. The molecule has 35 heavy (non-hydrogen) atoms. The molecule has 0 unspecified atom stereocenters. The van der Waals surface area contributed by atoms with E-state index in [-0.39, 0.29) is 29.4 Å². The Labute approximate surface area is 199 Å². The van der Waals surface area contributed by atoms with Crippen LogP contribution in [0.25, 0.3) is 11.3 Å². The molecule has 0 fully saturated rings. The van der Waals surface area contributed by atoms with Crippen LogP contribution < -0.4 is 14.2 Å². The van der Waals surface area contributed by atoms with E-state index in [4.69, 9.17) is 14.2 Å². The van der Waals surface area contributed by atoms with Crippen molar-refractivity contribution in [1.82, 2.24) is 10.2 Å². The Morgan fingerprint density at radius 1 is 0.914 bits per heavy atom. The van der Waals surface area contributed by atoms with E-state index in [0.29, 0.717) is 11.5 Å². The van der Waals surface area contributed by atoms with Gasteiger partial charge in [-0.25, -0.2) is 0 Å². The number of nitrogens with zero attached hydrogens (tertiary/aromatic N) is 1. The second kappa shape index (κ2) is 10.0. The highest BCUT2D eigenvalue weighted by atomic mass is 19.4. The Morgan fingerprint density at radius 2 is 1.66 bits per heavy atom. The summed E-state index contributed by atoms with van der Waals surface area (Å²) in [5.74, 6) is 0.396. The minimum Gasteiger partial charge on any atom is -0.507 e. The van der Waals surface area contributed by atoms with E-state index in [1.165, 1.54) is 18.2 Å². The lowest BCUT2D eigenvalue weighted by Gasteiger charge is -2.12. The number of ether oxygens (including phenoxy) is 3. The molecule has 6 nitrogen and oxygen atoms in total. The van der Waals surface area contributed by atoms with Gasteiger partial charge in [-0.2, -0.15) is 18.3 Å². The van der Waals surface area contributed by atoms with Crippen LogP contribution in [0.3, 0.4) is 0 Å². The number of benzene rings is 3. The third-order valence-corrected chi connectivity index (χ3v) is 5.32. The van der Waals surface area contributed by atoms with Gasteiger partial charge in [0.2, 0.25) is 0 Å². The molecule has 182 valence electrons. The topological polar surface area (TPSA) is 76.6 Å². The quantitative estimate of drug-likeness (QED) is 0.290. The van der Waals surface area contributed by atoms with Crippen molar-refractivity contribution in [3.63, 3.8) is 0 Å². The van der Waals surface area contributed by atoms with E-state index in [1.807, 2.05) is 30.2 Å². The lowest BCUT2D eigenvalue weighted by molar-refractivity contribution is -0.142. The van der Waals surface area contributed by atoms with Crippen molar-refractivity contribution in [2.45, 2.75) is 26.1 Å². The molecule has 0 aliphatic carbocycles. The van der Waals surface area contributed by atoms with Crippen molar-refractivity contribution < 1.29 is 32.5 Å². The molecule has 0 aliphatic rings. The average molecular weight is 484 g/mol. The SMILES string of the molecule is CCc1ccc(Oc2c(-c3ccc(OCc4cccc(OC)c4)cc3O)n[nH]c2C(F)(F)F)cc1. The highest BCUT2D eigenvalue weighted by molar-refractivity contribution is 5.74. The fraction of sp³-hybridized carbons (Fsp3) is 0.192. The number of rotatable bonds is 8. The van der Waals surface area contributed by atoms with Gasteiger partial charge >= 0.3 is 6.18 Å². The molecule has 2 N–H and O–H groups in total. The molecule has 0 bridgehead atoms. The molecule has 0 saturated carbocycles. The number of phenols is 1. The number of aromatic hydroxyl groups is 1. The van der Waals surface area contributed by atoms with E-state index >= 15 is 0 Å². The summed E-state index contributed by atoms with van der Waals surface area (Å²) in [4.78, 5) is 0. The number of H-pyrrole nitrogens is 1. The van der Waals surface area contributed by atoms with Gasteiger partial charge in [0.25, 0.3) is 0 Å². The van der Waals surface area contributed by atoms with Crippen molar-refractivity contribution in [2.24, 2.45) is 0 Å². The van der Waals surface area contributed by atoms with Gasteiger partial charge in [-0.3, -0.25) is 5.10 Å². The second-order valence-corrected chi connectivity index (χ2v) is 7.69. The normalized spacial score (nSPS) is 11.3. The molecule has 1 heterocycles. The summed E-state index contributed by atoms with van der Waals surface area (Å²) in [6.45, 7) is 2.18. The summed E-state index contributed by atoms with van der Waals surface area (Å²) in [5, 5.41) is 16.4. The van der Waals surface area contributed by atoms with E-state index in [9.17, 15) is 18.3 Å². The van der Waals surface area contributed by atoms with Gasteiger partial charge in [-0.15, -0.1) is 0 Å². The van der Waals surface area contributed by atoms with Gasteiger partial charge in [-0.05, 0) is 53.9 Å². The standard InChI is InChI=1S/C26H23F3N2O4/c1-3-16-7-9-18(10-8-16)35-24-23(30-31-25(24)26(27,28)29)21-12-11-20(14-22(21)32)34-15-17-5-4-6-19(13-17)33-2/h4-14,32H,3,15H2,1-2H3,(H,30,31). The van der Waals surface area contributed by atoms with Crippen LogP contribution in [0.4, 0.5) is 13.2 Å². The third kappa shape index (κ3) is 5.51. The third-order valence-electron chi connectivity index (χ3n) is 5.32.